The molecule has 220 valence electrons. The minimum atomic E-state index is -5.76. The Kier molecular flexibility index (Phi) is 7.20. The summed E-state index contributed by atoms with van der Waals surface area (Å²) in [7, 11) is -11.5. The molecule has 0 saturated carbocycles. The van der Waals surface area contributed by atoms with Crippen LogP contribution in [0.2, 0.25) is 0 Å². The predicted octanol–water partition coefficient (Wildman–Crippen LogP) is 5.20. The second kappa shape index (κ2) is 9.28. The van der Waals surface area contributed by atoms with Crippen LogP contribution in [0.4, 0.5) is 52.7 Å². The standard InChI is InChI=1S/C19H8F12N2O5S2/c20-16(21,22)9-3-10(17(23,24)25)6-13(5-9)39(35,36)32-1-2-33(15(32)34)40(37,38)14-7-11(18(26,27)28)4-12(8-14)19(29,30)31/h1-8H. The minimum absolute atomic E-state index is 0.00101. The van der Waals surface area contributed by atoms with E-state index in [0.717, 1.165) is 0 Å². The average molecular weight is 636 g/mol. The van der Waals surface area contributed by atoms with Gasteiger partial charge in [0.2, 0.25) is 0 Å². The van der Waals surface area contributed by atoms with Gasteiger partial charge in [-0.2, -0.15) is 60.6 Å². The van der Waals surface area contributed by atoms with E-state index in [1.165, 1.54) is 0 Å². The van der Waals surface area contributed by atoms with Crippen LogP contribution in [-0.4, -0.2) is 24.8 Å². The quantitative estimate of drug-likeness (QED) is 0.367. The Labute approximate surface area is 214 Å². The van der Waals surface area contributed by atoms with Crippen LogP contribution in [0.15, 0.2) is 63.4 Å². The molecule has 0 fully saturated rings. The van der Waals surface area contributed by atoms with Gasteiger partial charge in [-0.15, -0.1) is 0 Å². The van der Waals surface area contributed by atoms with Crippen molar-refractivity contribution in [2.24, 2.45) is 0 Å². The largest absolute Gasteiger partial charge is 0.416 e. The minimum Gasteiger partial charge on any atom is -0.245 e. The Bertz CT molecular complexity index is 1550. The van der Waals surface area contributed by atoms with Gasteiger partial charge in [-0.1, -0.05) is 0 Å². The molecule has 0 amide bonds. The fraction of sp³-hybridized carbons (Fsp3) is 0.211. The molecule has 0 saturated heterocycles. The maximum atomic E-state index is 13.1. The number of hydrogen-bond donors (Lipinski definition) is 0. The highest BCUT2D eigenvalue weighted by atomic mass is 32.2. The van der Waals surface area contributed by atoms with Crippen LogP contribution < -0.4 is 5.69 Å². The van der Waals surface area contributed by atoms with Crippen molar-refractivity contribution >= 4 is 20.0 Å². The van der Waals surface area contributed by atoms with E-state index in [1.54, 1.807) is 0 Å². The lowest BCUT2D eigenvalue weighted by atomic mass is 10.1. The fourth-order valence-electron chi connectivity index (χ4n) is 3.09. The summed E-state index contributed by atoms with van der Waals surface area (Å²) in [5, 5.41) is 0. The van der Waals surface area contributed by atoms with Crippen molar-refractivity contribution in [3.05, 3.63) is 81.5 Å². The van der Waals surface area contributed by atoms with E-state index in [9.17, 15) is 74.3 Å². The van der Waals surface area contributed by atoms with Gasteiger partial charge in [0.1, 0.15) is 0 Å². The van der Waals surface area contributed by atoms with Crippen LogP contribution in [0, 0.1) is 0 Å². The van der Waals surface area contributed by atoms with Gasteiger partial charge in [-0.05, 0) is 36.4 Å². The summed E-state index contributed by atoms with van der Waals surface area (Å²) in [5.41, 5.74) is -10.8. The molecule has 0 aliphatic carbocycles. The lowest BCUT2D eigenvalue weighted by Crippen LogP contribution is -2.33. The molecule has 0 spiro atoms. The SMILES string of the molecule is O=c1n(S(=O)(=O)c2cc(C(F)(F)F)cc(C(F)(F)F)c2)ccn1S(=O)(=O)c1cc(C(F)(F)F)cc(C(F)(F)F)c1. The molecule has 2 aromatic carbocycles. The first-order valence-corrected chi connectivity index (χ1v) is 12.6. The van der Waals surface area contributed by atoms with Gasteiger partial charge in [0.05, 0.1) is 32.0 Å². The molecule has 0 radical (unpaired) electrons. The molecule has 0 unspecified atom stereocenters. The van der Waals surface area contributed by atoms with E-state index in [1.807, 2.05) is 0 Å². The molecule has 0 atom stereocenters. The first-order valence-electron chi connectivity index (χ1n) is 9.67. The maximum Gasteiger partial charge on any atom is 0.416 e. The van der Waals surface area contributed by atoms with E-state index >= 15 is 0 Å². The van der Waals surface area contributed by atoms with Crippen molar-refractivity contribution < 1.29 is 69.5 Å². The molecule has 7 nitrogen and oxygen atoms in total. The van der Waals surface area contributed by atoms with Crippen molar-refractivity contribution in [3.63, 3.8) is 0 Å². The number of halogens is 12. The Balaban J connectivity index is 2.26. The van der Waals surface area contributed by atoms with Crippen LogP contribution in [0.1, 0.15) is 22.3 Å². The molecule has 0 N–H and O–H groups in total. The molecular weight excluding hydrogens is 628 g/mol. The Morgan fingerprint density at radius 2 is 0.675 bits per heavy atom. The summed E-state index contributed by atoms with van der Waals surface area (Å²) < 4.78 is 207. The van der Waals surface area contributed by atoms with Crippen molar-refractivity contribution in [2.75, 3.05) is 0 Å². The molecule has 3 rings (SSSR count). The van der Waals surface area contributed by atoms with Crippen molar-refractivity contribution in [1.82, 2.24) is 7.94 Å². The van der Waals surface area contributed by atoms with E-state index in [-0.39, 0.29) is 36.7 Å². The zero-order valence-electron chi connectivity index (χ0n) is 18.4. The van der Waals surface area contributed by atoms with E-state index in [4.69, 9.17) is 0 Å². The smallest absolute Gasteiger partial charge is 0.245 e. The summed E-state index contributed by atoms with van der Waals surface area (Å²) in [6.45, 7) is 0. The van der Waals surface area contributed by atoms with Crippen LogP contribution in [0.5, 0.6) is 0 Å². The first kappa shape index (κ1) is 31.0. The first-order chi connectivity index (χ1) is 17.8. The predicted molar refractivity (Wildman–Crippen MR) is 107 cm³/mol. The molecule has 1 aromatic heterocycles. The Hall–Kier alpha value is -3.49. The van der Waals surface area contributed by atoms with E-state index < -0.39 is 103 Å². The summed E-state index contributed by atoms with van der Waals surface area (Å²) in [4.78, 5) is 9.01. The highest BCUT2D eigenvalue weighted by Crippen LogP contribution is 2.39. The number of rotatable bonds is 4. The van der Waals surface area contributed by atoms with E-state index in [0.29, 0.717) is 0 Å². The zero-order valence-corrected chi connectivity index (χ0v) is 20.0. The fourth-order valence-corrected chi connectivity index (χ4v) is 5.72. The lowest BCUT2D eigenvalue weighted by molar-refractivity contribution is -0.145. The van der Waals surface area contributed by atoms with Gasteiger partial charge in [0, 0.05) is 12.4 Å². The van der Waals surface area contributed by atoms with Crippen molar-refractivity contribution in [3.8, 4) is 0 Å². The van der Waals surface area contributed by atoms with Gasteiger partial charge in [-0.3, -0.25) is 0 Å². The zero-order chi connectivity index (χ0) is 30.9. The van der Waals surface area contributed by atoms with Crippen LogP contribution >= 0.6 is 0 Å². The second-order valence-electron chi connectivity index (χ2n) is 7.67. The van der Waals surface area contributed by atoms with Crippen molar-refractivity contribution in [1.29, 1.82) is 0 Å². The van der Waals surface area contributed by atoms with Gasteiger partial charge in [0.25, 0.3) is 20.0 Å². The van der Waals surface area contributed by atoms with Crippen LogP contribution in [0.3, 0.4) is 0 Å². The summed E-state index contributed by atoms with van der Waals surface area (Å²) in [6.07, 6.45) is -22.1. The normalized spacial score (nSPS) is 14.0. The molecular formula is C19H8F12N2O5S2. The number of imidazole rings is 1. The summed E-state index contributed by atoms with van der Waals surface area (Å²) in [6, 6.07) is -2.17. The number of benzene rings is 2. The van der Waals surface area contributed by atoms with Gasteiger partial charge >= 0.3 is 30.4 Å². The summed E-state index contributed by atoms with van der Waals surface area (Å²) in [5.74, 6) is 0. The molecule has 1 heterocycles. The van der Waals surface area contributed by atoms with Crippen LogP contribution in [-0.2, 0) is 44.8 Å². The monoisotopic (exact) mass is 636 g/mol. The van der Waals surface area contributed by atoms with E-state index in [2.05, 4.69) is 0 Å². The number of hydrogen-bond acceptors (Lipinski definition) is 5. The number of aromatic nitrogens is 2. The molecule has 3 aromatic rings. The maximum absolute atomic E-state index is 13.1. The Morgan fingerprint density at radius 3 is 0.875 bits per heavy atom. The van der Waals surface area contributed by atoms with Gasteiger partial charge < -0.3 is 0 Å². The molecule has 40 heavy (non-hydrogen) atoms. The highest BCUT2D eigenvalue weighted by Gasteiger charge is 2.41. The average Bonchev–Trinajstić information content (AvgIpc) is 3.19. The summed E-state index contributed by atoms with van der Waals surface area (Å²) >= 11 is 0. The third-order valence-electron chi connectivity index (χ3n) is 4.95. The number of alkyl halides is 12. The third-order valence-corrected chi connectivity index (χ3v) is 8.20. The third kappa shape index (κ3) is 5.83. The highest BCUT2D eigenvalue weighted by molar-refractivity contribution is 7.90. The topological polar surface area (TPSA) is 95.2 Å². The van der Waals surface area contributed by atoms with Gasteiger partial charge in [0.15, 0.2) is 0 Å². The Morgan fingerprint density at radius 1 is 0.450 bits per heavy atom. The van der Waals surface area contributed by atoms with Crippen molar-refractivity contribution in [2.45, 2.75) is 34.5 Å². The molecule has 0 aliphatic heterocycles. The lowest BCUT2D eigenvalue weighted by Gasteiger charge is -2.15. The molecule has 0 aliphatic rings. The van der Waals surface area contributed by atoms with Gasteiger partial charge in [-0.25, -0.2) is 21.6 Å². The van der Waals surface area contributed by atoms with Crippen LogP contribution in [0.25, 0.3) is 0 Å². The molecule has 0 bridgehead atoms. The number of nitrogens with zero attached hydrogens (tertiary/aromatic N) is 2. The molecule has 21 heteroatoms. The second-order valence-corrected chi connectivity index (χ2v) is 11.3.